The van der Waals surface area contributed by atoms with Crippen LogP contribution in [0.2, 0.25) is 0 Å². The van der Waals surface area contributed by atoms with Gasteiger partial charge in [0.2, 0.25) is 0 Å². The lowest BCUT2D eigenvalue weighted by atomic mass is 10.1. The highest BCUT2D eigenvalue weighted by molar-refractivity contribution is 6.06. The number of methoxy groups -OCH3 is 1. The number of hydrogen-bond acceptors (Lipinski definition) is 6. The molecule has 7 nitrogen and oxygen atoms in total. The summed E-state index contributed by atoms with van der Waals surface area (Å²) in [6.45, 7) is 5.09. The monoisotopic (exact) mass is 380 g/mol. The number of anilines is 1. The maximum atomic E-state index is 12.9. The van der Waals surface area contributed by atoms with Crippen molar-refractivity contribution in [1.82, 2.24) is 0 Å². The first-order chi connectivity index (χ1) is 13.4. The van der Waals surface area contributed by atoms with Crippen molar-refractivity contribution >= 4 is 28.5 Å². The van der Waals surface area contributed by atoms with Gasteiger partial charge in [0.1, 0.15) is 5.56 Å². The van der Waals surface area contributed by atoms with Crippen molar-refractivity contribution in [3.63, 3.8) is 0 Å². The molecule has 0 aliphatic heterocycles. The van der Waals surface area contributed by atoms with E-state index in [9.17, 15) is 9.59 Å². The highest BCUT2D eigenvalue weighted by atomic mass is 16.7. The van der Waals surface area contributed by atoms with Gasteiger partial charge in [-0.25, -0.2) is 4.79 Å². The van der Waals surface area contributed by atoms with Crippen molar-refractivity contribution in [3.8, 4) is 5.75 Å². The first kappa shape index (κ1) is 19.2. The Labute approximate surface area is 161 Å². The standard InChI is InChI=1S/C21H20N2O5/c1-12-7-5-9-17(13(12)2)22-20(25)16-11-15-8-6-10-18(26-4)19(15)27-21(16)23-28-14(3)24/h5-11H,1-4H3,(H,22,25)/b23-21-. The van der Waals surface area contributed by atoms with E-state index in [4.69, 9.17) is 14.0 Å². The Balaban J connectivity index is 2.13. The number of nitrogens with one attached hydrogen (secondary N) is 1. The fraction of sp³-hybridized carbons (Fsp3) is 0.190. The number of nitrogens with zero attached hydrogens (tertiary/aromatic N) is 1. The van der Waals surface area contributed by atoms with Crippen LogP contribution in [0.3, 0.4) is 0 Å². The fourth-order valence-corrected chi connectivity index (χ4v) is 2.70. The van der Waals surface area contributed by atoms with Crippen LogP contribution in [0, 0.1) is 13.8 Å². The lowest BCUT2D eigenvalue weighted by molar-refractivity contribution is -0.141. The van der Waals surface area contributed by atoms with Crippen molar-refractivity contribution in [3.05, 3.63) is 64.7 Å². The molecule has 144 valence electrons. The zero-order chi connectivity index (χ0) is 20.3. The molecule has 0 bridgehead atoms. The summed E-state index contributed by atoms with van der Waals surface area (Å²) in [5.74, 6) is -0.595. The minimum atomic E-state index is -0.629. The van der Waals surface area contributed by atoms with Crippen LogP contribution < -0.4 is 15.6 Å². The molecule has 1 heterocycles. The van der Waals surface area contributed by atoms with Gasteiger partial charge in [-0.15, -0.1) is 0 Å². The SMILES string of the molecule is COc1cccc2cc(C(=O)Nc3cccc(C)c3C)/c(=N/OC(C)=O)oc12. The van der Waals surface area contributed by atoms with Gasteiger partial charge in [-0.1, -0.05) is 24.3 Å². The topological polar surface area (TPSA) is 90.1 Å². The van der Waals surface area contributed by atoms with Gasteiger partial charge in [0.15, 0.2) is 11.3 Å². The first-order valence-corrected chi connectivity index (χ1v) is 8.60. The van der Waals surface area contributed by atoms with Crippen LogP contribution in [0.25, 0.3) is 11.0 Å². The Morgan fingerprint density at radius 1 is 1.11 bits per heavy atom. The molecule has 2 aromatic carbocycles. The quantitative estimate of drug-likeness (QED) is 0.551. The molecule has 0 radical (unpaired) electrons. The third kappa shape index (κ3) is 3.88. The second-order valence-corrected chi connectivity index (χ2v) is 6.22. The Morgan fingerprint density at radius 3 is 2.57 bits per heavy atom. The van der Waals surface area contributed by atoms with E-state index in [1.807, 2.05) is 32.0 Å². The molecule has 3 rings (SSSR count). The molecule has 0 saturated heterocycles. The fourth-order valence-electron chi connectivity index (χ4n) is 2.70. The number of rotatable bonds is 4. The maximum Gasteiger partial charge on any atom is 0.332 e. The van der Waals surface area contributed by atoms with Gasteiger partial charge in [0.05, 0.1) is 7.11 Å². The highest BCUT2D eigenvalue weighted by Crippen LogP contribution is 2.25. The number of para-hydroxylation sites is 1. The van der Waals surface area contributed by atoms with Crippen molar-refractivity contribution in [2.45, 2.75) is 20.8 Å². The summed E-state index contributed by atoms with van der Waals surface area (Å²) in [7, 11) is 1.51. The van der Waals surface area contributed by atoms with E-state index in [0.717, 1.165) is 11.1 Å². The summed E-state index contributed by atoms with van der Waals surface area (Å²) in [5.41, 5.74) is 3.07. The van der Waals surface area contributed by atoms with Crippen molar-refractivity contribution in [1.29, 1.82) is 0 Å². The van der Waals surface area contributed by atoms with Gasteiger partial charge in [-0.2, -0.15) is 0 Å². The van der Waals surface area contributed by atoms with Gasteiger partial charge in [-0.05, 0) is 48.3 Å². The molecule has 28 heavy (non-hydrogen) atoms. The average Bonchev–Trinajstić information content (AvgIpc) is 2.68. The Hall–Kier alpha value is -3.61. The van der Waals surface area contributed by atoms with Crippen LogP contribution in [-0.4, -0.2) is 19.0 Å². The molecule has 0 saturated carbocycles. The summed E-state index contributed by atoms with van der Waals surface area (Å²) >= 11 is 0. The van der Waals surface area contributed by atoms with E-state index in [-0.39, 0.29) is 11.1 Å². The number of fused-ring (bicyclic) bond motifs is 1. The molecule has 1 N–H and O–H groups in total. The minimum Gasteiger partial charge on any atom is -0.493 e. The summed E-state index contributed by atoms with van der Waals surface area (Å²) in [6, 6.07) is 12.5. The van der Waals surface area contributed by atoms with Gasteiger partial charge in [0, 0.05) is 18.0 Å². The van der Waals surface area contributed by atoms with Gasteiger partial charge in [0.25, 0.3) is 11.5 Å². The van der Waals surface area contributed by atoms with Crippen LogP contribution in [-0.2, 0) is 9.63 Å². The second-order valence-electron chi connectivity index (χ2n) is 6.22. The third-order valence-corrected chi connectivity index (χ3v) is 4.31. The molecular weight excluding hydrogens is 360 g/mol. The van der Waals surface area contributed by atoms with Gasteiger partial charge in [-0.3, -0.25) is 4.79 Å². The summed E-state index contributed by atoms with van der Waals surface area (Å²) in [4.78, 5) is 28.8. The second kappa shape index (κ2) is 7.96. The number of carbonyl (C=O) groups is 2. The number of benzene rings is 2. The van der Waals surface area contributed by atoms with Crippen LogP contribution in [0.5, 0.6) is 5.75 Å². The zero-order valence-electron chi connectivity index (χ0n) is 16.0. The van der Waals surface area contributed by atoms with Crippen LogP contribution >= 0.6 is 0 Å². The average molecular weight is 380 g/mol. The van der Waals surface area contributed by atoms with E-state index in [1.165, 1.54) is 14.0 Å². The lowest BCUT2D eigenvalue weighted by Crippen LogP contribution is -2.23. The smallest absolute Gasteiger partial charge is 0.332 e. The first-order valence-electron chi connectivity index (χ1n) is 8.60. The molecule has 0 aliphatic rings. The molecule has 1 amide bonds. The molecule has 0 spiro atoms. The maximum absolute atomic E-state index is 12.9. The molecular formula is C21H20N2O5. The lowest BCUT2D eigenvalue weighted by Gasteiger charge is -2.11. The predicted molar refractivity (Wildman–Crippen MR) is 104 cm³/mol. The molecule has 0 aliphatic carbocycles. The summed E-state index contributed by atoms with van der Waals surface area (Å²) in [6.07, 6.45) is 0. The van der Waals surface area contributed by atoms with E-state index in [0.29, 0.717) is 22.4 Å². The summed E-state index contributed by atoms with van der Waals surface area (Å²) < 4.78 is 11.0. The molecule has 3 aromatic rings. The van der Waals surface area contributed by atoms with E-state index in [1.54, 1.807) is 24.3 Å². The number of amides is 1. The Kier molecular flexibility index (Phi) is 5.44. The minimum absolute atomic E-state index is 0.128. The third-order valence-electron chi connectivity index (χ3n) is 4.31. The van der Waals surface area contributed by atoms with Gasteiger partial charge < -0.3 is 19.3 Å². The largest absolute Gasteiger partial charge is 0.493 e. The molecule has 0 atom stereocenters. The Bertz CT molecular complexity index is 1130. The van der Waals surface area contributed by atoms with Crippen LogP contribution in [0.1, 0.15) is 28.4 Å². The number of carbonyl (C=O) groups excluding carboxylic acids is 2. The zero-order valence-corrected chi connectivity index (χ0v) is 16.0. The van der Waals surface area contributed by atoms with Crippen molar-refractivity contribution in [2.75, 3.05) is 12.4 Å². The van der Waals surface area contributed by atoms with E-state index in [2.05, 4.69) is 10.5 Å². The number of ether oxygens (including phenoxy) is 1. The molecule has 0 fully saturated rings. The predicted octanol–water partition coefficient (Wildman–Crippen LogP) is 3.69. The van der Waals surface area contributed by atoms with Crippen molar-refractivity contribution < 1.29 is 23.6 Å². The molecule has 1 aromatic heterocycles. The molecule has 7 heteroatoms. The normalized spacial score (nSPS) is 11.4. The van der Waals surface area contributed by atoms with E-state index >= 15 is 0 Å². The van der Waals surface area contributed by atoms with Crippen LogP contribution in [0.15, 0.2) is 52.0 Å². The number of aryl methyl sites for hydroxylation is 1. The Morgan fingerprint density at radius 2 is 1.86 bits per heavy atom. The van der Waals surface area contributed by atoms with Crippen molar-refractivity contribution in [2.24, 2.45) is 5.16 Å². The summed E-state index contributed by atoms with van der Waals surface area (Å²) in [5, 5.41) is 7.20. The molecule has 0 unspecified atom stereocenters. The highest BCUT2D eigenvalue weighted by Gasteiger charge is 2.16. The number of hydrogen-bond donors (Lipinski definition) is 1. The van der Waals surface area contributed by atoms with E-state index < -0.39 is 11.9 Å². The van der Waals surface area contributed by atoms with Crippen LogP contribution in [0.4, 0.5) is 5.69 Å². The van der Waals surface area contributed by atoms with Gasteiger partial charge >= 0.3 is 5.97 Å².